The zero-order valence-corrected chi connectivity index (χ0v) is 12.9. The number of primary amides is 1. The molecule has 1 aliphatic rings. The molecule has 1 saturated heterocycles. The van der Waals surface area contributed by atoms with Crippen LogP contribution < -0.4 is 11.5 Å². The van der Waals surface area contributed by atoms with Crippen molar-refractivity contribution in [2.75, 3.05) is 13.1 Å². The molecule has 0 saturated carbocycles. The molecular weight excluding hydrogens is 290 g/mol. The lowest BCUT2D eigenvalue weighted by atomic mass is 9.90. The summed E-state index contributed by atoms with van der Waals surface area (Å²) < 4.78 is 0. The van der Waals surface area contributed by atoms with E-state index in [4.69, 9.17) is 11.5 Å². The van der Waals surface area contributed by atoms with Crippen molar-refractivity contribution in [3.63, 3.8) is 0 Å². The summed E-state index contributed by atoms with van der Waals surface area (Å²) in [6, 6.07) is 6.66. The highest BCUT2D eigenvalue weighted by Gasteiger charge is 2.25. The van der Waals surface area contributed by atoms with Crippen LogP contribution in [0.1, 0.15) is 40.5 Å². The number of nitrogens with two attached hydrogens (primary N) is 2. The van der Waals surface area contributed by atoms with Crippen molar-refractivity contribution in [2.24, 2.45) is 17.4 Å². The molecule has 116 valence electrons. The Morgan fingerprint density at radius 1 is 1.14 bits per heavy atom. The second-order valence-electron chi connectivity index (χ2n) is 5.43. The monoisotopic (exact) mass is 311 g/mol. The fourth-order valence-corrected chi connectivity index (χ4v) is 2.59. The molecule has 0 aliphatic carbocycles. The molecule has 1 aromatic carbocycles. The van der Waals surface area contributed by atoms with E-state index < -0.39 is 5.91 Å². The van der Waals surface area contributed by atoms with Gasteiger partial charge in [0.1, 0.15) is 0 Å². The van der Waals surface area contributed by atoms with Gasteiger partial charge in [0.05, 0.1) is 0 Å². The minimum absolute atomic E-state index is 0. The Morgan fingerprint density at radius 3 is 2.05 bits per heavy atom. The number of rotatable bonds is 3. The molecule has 1 fully saturated rings. The summed E-state index contributed by atoms with van der Waals surface area (Å²) in [5, 5.41) is 0. The average molecular weight is 312 g/mol. The predicted molar refractivity (Wildman–Crippen MR) is 84.5 cm³/mol. The van der Waals surface area contributed by atoms with Crippen LogP contribution in [0.3, 0.4) is 0 Å². The first-order valence-corrected chi connectivity index (χ1v) is 6.93. The number of hydrogen-bond donors (Lipinski definition) is 2. The van der Waals surface area contributed by atoms with Gasteiger partial charge in [0, 0.05) is 30.3 Å². The standard InChI is InChI=1S/C15H21N3O2.ClH/c1-10(16)11-6-8-18(9-7-11)15(20)13-4-2-12(3-5-13)14(17)19;/h2-5,10-11H,6-9,16H2,1H3,(H2,17,19);1H. The van der Waals surface area contributed by atoms with Crippen LogP contribution in [0.15, 0.2) is 24.3 Å². The van der Waals surface area contributed by atoms with Crippen LogP contribution >= 0.6 is 12.4 Å². The summed E-state index contributed by atoms with van der Waals surface area (Å²) in [5.74, 6) is 0.0159. The Labute approximate surface area is 131 Å². The minimum atomic E-state index is -0.484. The van der Waals surface area contributed by atoms with Crippen molar-refractivity contribution in [2.45, 2.75) is 25.8 Å². The highest BCUT2D eigenvalue weighted by molar-refractivity contribution is 5.97. The maximum atomic E-state index is 12.3. The van der Waals surface area contributed by atoms with Crippen LogP contribution in [0.25, 0.3) is 0 Å². The number of hydrogen-bond acceptors (Lipinski definition) is 3. The van der Waals surface area contributed by atoms with E-state index >= 15 is 0 Å². The second kappa shape index (κ2) is 7.43. The van der Waals surface area contributed by atoms with Crippen LogP contribution in [-0.2, 0) is 0 Å². The molecule has 1 aliphatic heterocycles. The number of amides is 2. The fourth-order valence-electron chi connectivity index (χ4n) is 2.59. The number of halogens is 1. The Bertz CT molecular complexity index is 494. The van der Waals surface area contributed by atoms with Crippen molar-refractivity contribution in [3.8, 4) is 0 Å². The van der Waals surface area contributed by atoms with Gasteiger partial charge in [-0.05, 0) is 49.9 Å². The molecule has 4 N–H and O–H groups in total. The van der Waals surface area contributed by atoms with Crippen molar-refractivity contribution in [1.82, 2.24) is 4.90 Å². The van der Waals surface area contributed by atoms with E-state index in [-0.39, 0.29) is 24.4 Å². The minimum Gasteiger partial charge on any atom is -0.366 e. The van der Waals surface area contributed by atoms with Crippen LogP contribution in [0.2, 0.25) is 0 Å². The third-order valence-electron chi connectivity index (χ3n) is 3.99. The molecular formula is C15H22ClN3O2. The van der Waals surface area contributed by atoms with E-state index in [9.17, 15) is 9.59 Å². The van der Waals surface area contributed by atoms with E-state index in [1.165, 1.54) is 0 Å². The number of piperidine rings is 1. The molecule has 21 heavy (non-hydrogen) atoms. The molecule has 1 atom stereocenters. The highest BCUT2D eigenvalue weighted by atomic mass is 35.5. The summed E-state index contributed by atoms with van der Waals surface area (Å²) >= 11 is 0. The van der Waals surface area contributed by atoms with Gasteiger partial charge in [-0.3, -0.25) is 9.59 Å². The van der Waals surface area contributed by atoms with Gasteiger partial charge in [0.25, 0.3) is 5.91 Å². The quantitative estimate of drug-likeness (QED) is 0.884. The van der Waals surface area contributed by atoms with Gasteiger partial charge in [-0.15, -0.1) is 12.4 Å². The maximum Gasteiger partial charge on any atom is 0.253 e. The van der Waals surface area contributed by atoms with Crippen molar-refractivity contribution < 1.29 is 9.59 Å². The summed E-state index contributed by atoms with van der Waals surface area (Å²) in [6.45, 7) is 3.50. The van der Waals surface area contributed by atoms with Crippen molar-refractivity contribution in [3.05, 3.63) is 35.4 Å². The topological polar surface area (TPSA) is 89.4 Å². The number of carbonyl (C=O) groups is 2. The summed E-state index contributed by atoms with van der Waals surface area (Å²) in [5.41, 5.74) is 12.1. The summed E-state index contributed by atoms with van der Waals surface area (Å²) in [4.78, 5) is 25.2. The Morgan fingerprint density at radius 2 is 1.62 bits per heavy atom. The summed E-state index contributed by atoms with van der Waals surface area (Å²) in [6.07, 6.45) is 1.89. The molecule has 2 rings (SSSR count). The number of likely N-dealkylation sites (tertiary alicyclic amines) is 1. The number of carbonyl (C=O) groups excluding carboxylic acids is 2. The lowest BCUT2D eigenvalue weighted by Crippen LogP contribution is -2.42. The molecule has 2 amide bonds. The van der Waals surface area contributed by atoms with Gasteiger partial charge in [-0.2, -0.15) is 0 Å². The maximum absolute atomic E-state index is 12.3. The lowest BCUT2D eigenvalue weighted by molar-refractivity contribution is 0.0680. The molecule has 1 aromatic rings. The van der Waals surface area contributed by atoms with Gasteiger partial charge in [0.15, 0.2) is 0 Å². The molecule has 1 unspecified atom stereocenters. The zero-order valence-electron chi connectivity index (χ0n) is 12.1. The summed E-state index contributed by atoms with van der Waals surface area (Å²) in [7, 11) is 0. The number of nitrogens with zero attached hydrogens (tertiary/aromatic N) is 1. The van der Waals surface area contributed by atoms with Crippen LogP contribution in [0.4, 0.5) is 0 Å². The Kier molecular flexibility index (Phi) is 6.18. The largest absolute Gasteiger partial charge is 0.366 e. The Balaban J connectivity index is 0.00000220. The van der Waals surface area contributed by atoms with E-state index in [1.54, 1.807) is 24.3 Å². The van der Waals surface area contributed by atoms with Gasteiger partial charge in [-0.25, -0.2) is 0 Å². The van der Waals surface area contributed by atoms with Crippen LogP contribution in [0, 0.1) is 5.92 Å². The molecule has 5 nitrogen and oxygen atoms in total. The van der Waals surface area contributed by atoms with Crippen LogP contribution in [0.5, 0.6) is 0 Å². The van der Waals surface area contributed by atoms with Crippen molar-refractivity contribution >= 4 is 24.2 Å². The molecule has 1 heterocycles. The second-order valence-corrected chi connectivity index (χ2v) is 5.43. The van der Waals surface area contributed by atoms with Gasteiger partial charge < -0.3 is 16.4 Å². The smallest absolute Gasteiger partial charge is 0.253 e. The van der Waals surface area contributed by atoms with Gasteiger partial charge >= 0.3 is 0 Å². The molecule has 0 aromatic heterocycles. The third-order valence-corrected chi connectivity index (χ3v) is 3.99. The van der Waals surface area contributed by atoms with E-state index in [0.29, 0.717) is 17.0 Å². The molecule has 0 bridgehead atoms. The average Bonchev–Trinajstić information content (AvgIpc) is 2.46. The van der Waals surface area contributed by atoms with Crippen molar-refractivity contribution in [1.29, 1.82) is 0 Å². The first-order valence-electron chi connectivity index (χ1n) is 6.93. The first kappa shape index (κ1) is 17.5. The fraction of sp³-hybridized carbons (Fsp3) is 0.467. The lowest BCUT2D eigenvalue weighted by Gasteiger charge is -2.33. The van der Waals surface area contributed by atoms with Crippen LogP contribution in [-0.4, -0.2) is 35.8 Å². The Hall–Kier alpha value is -1.59. The normalized spacial score (nSPS) is 17.0. The number of benzene rings is 1. The van der Waals surface area contributed by atoms with Gasteiger partial charge in [0.2, 0.25) is 5.91 Å². The van der Waals surface area contributed by atoms with E-state index in [0.717, 1.165) is 25.9 Å². The van der Waals surface area contributed by atoms with E-state index in [2.05, 4.69) is 0 Å². The molecule has 0 spiro atoms. The van der Waals surface area contributed by atoms with Gasteiger partial charge in [-0.1, -0.05) is 0 Å². The third kappa shape index (κ3) is 4.19. The first-order chi connectivity index (χ1) is 9.49. The molecule has 0 radical (unpaired) electrons. The molecule has 6 heteroatoms. The predicted octanol–water partition coefficient (Wildman–Crippen LogP) is 1.41. The zero-order chi connectivity index (χ0) is 14.7. The van der Waals surface area contributed by atoms with E-state index in [1.807, 2.05) is 11.8 Å². The highest BCUT2D eigenvalue weighted by Crippen LogP contribution is 2.21. The SMILES string of the molecule is CC(N)C1CCN(C(=O)c2ccc(C(N)=O)cc2)CC1.Cl.